The number of carbonyl (C=O) groups excluding carboxylic acids is 2. The number of carbonyl (C=O) groups is 2. The van der Waals surface area contributed by atoms with Crippen molar-refractivity contribution in [3.63, 3.8) is 0 Å². The van der Waals surface area contributed by atoms with Crippen LogP contribution in [0, 0.1) is 0 Å². The molecule has 0 fully saturated rings. The molecule has 0 rings (SSSR count). The second-order valence-electron chi connectivity index (χ2n) is 3.96. The number of hydrogen-bond donors (Lipinski definition) is 2. The van der Waals surface area contributed by atoms with E-state index in [1.54, 1.807) is 7.05 Å². The summed E-state index contributed by atoms with van der Waals surface area (Å²) in [7, 11) is 1.62. The molecule has 3 N–H and O–H groups in total. The first kappa shape index (κ1) is 14.9. The Kier molecular flexibility index (Phi) is 7.54. The topological polar surface area (TPSA) is 75.4 Å². The number of amides is 2. The molecule has 0 aromatic rings. The van der Waals surface area contributed by atoms with Crippen molar-refractivity contribution in [2.24, 2.45) is 5.73 Å². The summed E-state index contributed by atoms with van der Waals surface area (Å²) in [6.07, 6.45) is 2.11. The van der Waals surface area contributed by atoms with E-state index < -0.39 is 0 Å². The van der Waals surface area contributed by atoms with Crippen molar-refractivity contribution in [3.05, 3.63) is 0 Å². The third-order valence-corrected chi connectivity index (χ3v) is 2.28. The van der Waals surface area contributed by atoms with Gasteiger partial charge in [-0.1, -0.05) is 13.3 Å². The van der Waals surface area contributed by atoms with Gasteiger partial charge in [-0.25, -0.2) is 0 Å². The van der Waals surface area contributed by atoms with E-state index >= 15 is 0 Å². The number of nitrogens with zero attached hydrogens (tertiary/aromatic N) is 1. The van der Waals surface area contributed by atoms with Gasteiger partial charge in [0.15, 0.2) is 0 Å². The van der Waals surface area contributed by atoms with Crippen LogP contribution in [0.25, 0.3) is 0 Å². The van der Waals surface area contributed by atoms with Crippen LogP contribution >= 0.6 is 0 Å². The molecule has 0 aromatic carbocycles. The second-order valence-corrected chi connectivity index (χ2v) is 3.96. The van der Waals surface area contributed by atoms with E-state index in [-0.39, 0.29) is 24.4 Å². The molecule has 16 heavy (non-hydrogen) atoms. The van der Waals surface area contributed by atoms with Gasteiger partial charge in [-0.3, -0.25) is 9.59 Å². The molecule has 0 aliphatic rings. The van der Waals surface area contributed by atoms with E-state index in [4.69, 9.17) is 5.73 Å². The number of nitrogens with two attached hydrogens (primary N) is 1. The van der Waals surface area contributed by atoms with Crippen LogP contribution in [-0.2, 0) is 9.59 Å². The summed E-state index contributed by atoms with van der Waals surface area (Å²) in [5, 5.41) is 2.65. The highest BCUT2D eigenvalue weighted by Crippen LogP contribution is 2.01. The van der Waals surface area contributed by atoms with Gasteiger partial charge in [0.2, 0.25) is 11.8 Å². The van der Waals surface area contributed by atoms with E-state index in [1.807, 2.05) is 13.8 Å². The number of likely N-dealkylation sites (N-methyl/N-ethyl adjacent to an activating group) is 2. The van der Waals surface area contributed by atoms with Gasteiger partial charge in [0.05, 0.1) is 6.54 Å². The number of nitrogens with one attached hydrogen (secondary N) is 1. The first-order valence-corrected chi connectivity index (χ1v) is 5.77. The molecule has 0 radical (unpaired) electrons. The summed E-state index contributed by atoms with van der Waals surface area (Å²) in [6, 6.07) is -0.103. The molecule has 0 aliphatic heterocycles. The Bertz CT molecular complexity index is 231. The van der Waals surface area contributed by atoms with E-state index in [0.717, 1.165) is 12.8 Å². The van der Waals surface area contributed by atoms with Crippen LogP contribution in [0.4, 0.5) is 0 Å². The fourth-order valence-corrected chi connectivity index (χ4v) is 1.41. The summed E-state index contributed by atoms with van der Waals surface area (Å²) >= 11 is 0. The molecule has 0 aromatic heterocycles. The Morgan fingerprint density at radius 2 is 2.00 bits per heavy atom. The molecule has 0 spiro atoms. The summed E-state index contributed by atoms with van der Waals surface area (Å²) in [4.78, 5) is 24.3. The predicted molar refractivity (Wildman–Crippen MR) is 63.8 cm³/mol. The lowest BCUT2D eigenvalue weighted by atomic mass is 10.1. The fourth-order valence-electron chi connectivity index (χ4n) is 1.41. The smallest absolute Gasteiger partial charge is 0.239 e. The normalized spacial score (nSPS) is 12.0. The highest BCUT2D eigenvalue weighted by molar-refractivity contribution is 5.84. The molecular formula is C11H23N3O2. The number of hydrogen-bond acceptors (Lipinski definition) is 3. The van der Waals surface area contributed by atoms with E-state index in [9.17, 15) is 9.59 Å². The Morgan fingerprint density at radius 3 is 2.50 bits per heavy atom. The van der Waals surface area contributed by atoms with Crippen molar-refractivity contribution in [1.29, 1.82) is 0 Å². The SMILES string of the molecule is CCCC(N)CC(=O)N(C)CC(=O)NCC. The summed E-state index contributed by atoms with van der Waals surface area (Å²) in [5.41, 5.74) is 5.76. The minimum Gasteiger partial charge on any atom is -0.355 e. The van der Waals surface area contributed by atoms with E-state index in [1.165, 1.54) is 4.90 Å². The number of rotatable bonds is 7. The van der Waals surface area contributed by atoms with Gasteiger partial charge < -0.3 is 16.0 Å². The van der Waals surface area contributed by atoms with Crippen LogP contribution in [-0.4, -0.2) is 42.9 Å². The average Bonchev–Trinajstić information content (AvgIpc) is 2.17. The Morgan fingerprint density at radius 1 is 1.38 bits per heavy atom. The van der Waals surface area contributed by atoms with Crippen LogP contribution in [0.3, 0.4) is 0 Å². The maximum absolute atomic E-state index is 11.6. The minimum atomic E-state index is -0.137. The molecule has 0 saturated heterocycles. The van der Waals surface area contributed by atoms with E-state index in [2.05, 4.69) is 5.32 Å². The molecule has 0 heterocycles. The average molecular weight is 229 g/mol. The van der Waals surface area contributed by atoms with Gasteiger partial charge in [-0.05, 0) is 13.3 Å². The van der Waals surface area contributed by atoms with Crippen LogP contribution in [0.2, 0.25) is 0 Å². The van der Waals surface area contributed by atoms with Gasteiger partial charge in [0, 0.05) is 26.1 Å². The van der Waals surface area contributed by atoms with Gasteiger partial charge in [0.1, 0.15) is 0 Å². The molecular weight excluding hydrogens is 206 g/mol. The second kappa shape index (κ2) is 8.10. The van der Waals surface area contributed by atoms with Crippen LogP contribution in [0.1, 0.15) is 33.1 Å². The van der Waals surface area contributed by atoms with Crippen molar-refractivity contribution >= 4 is 11.8 Å². The Labute approximate surface area is 97.4 Å². The van der Waals surface area contributed by atoms with Gasteiger partial charge in [-0.2, -0.15) is 0 Å². The third kappa shape index (κ3) is 6.40. The molecule has 0 saturated carbocycles. The maximum atomic E-state index is 11.6. The molecule has 1 atom stereocenters. The molecule has 2 amide bonds. The largest absolute Gasteiger partial charge is 0.355 e. The zero-order chi connectivity index (χ0) is 12.6. The quantitative estimate of drug-likeness (QED) is 0.650. The molecule has 5 heteroatoms. The van der Waals surface area contributed by atoms with Crippen molar-refractivity contribution < 1.29 is 9.59 Å². The molecule has 94 valence electrons. The first-order valence-electron chi connectivity index (χ1n) is 5.77. The highest BCUT2D eigenvalue weighted by Gasteiger charge is 2.15. The molecule has 5 nitrogen and oxygen atoms in total. The van der Waals surface area contributed by atoms with Crippen LogP contribution in [0.15, 0.2) is 0 Å². The summed E-state index contributed by atoms with van der Waals surface area (Å²) < 4.78 is 0. The summed E-state index contributed by atoms with van der Waals surface area (Å²) in [5.74, 6) is -0.213. The third-order valence-electron chi connectivity index (χ3n) is 2.28. The highest BCUT2D eigenvalue weighted by atomic mass is 16.2. The zero-order valence-corrected chi connectivity index (χ0v) is 10.5. The van der Waals surface area contributed by atoms with Crippen molar-refractivity contribution in [2.45, 2.75) is 39.2 Å². The van der Waals surface area contributed by atoms with Gasteiger partial charge >= 0.3 is 0 Å². The minimum absolute atomic E-state index is 0.0767. The van der Waals surface area contributed by atoms with Crippen LogP contribution in [0.5, 0.6) is 0 Å². The lowest BCUT2D eigenvalue weighted by Crippen LogP contribution is -2.40. The molecule has 0 bridgehead atoms. The molecule has 1 unspecified atom stereocenters. The lowest BCUT2D eigenvalue weighted by molar-refractivity contribution is -0.135. The summed E-state index contributed by atoms with van der Waals surface area (Å²) in [6.45, 7) is 4.56. The van der Waals surface area contributed by atoms with Gasteiger partial charge in [-0.15, -0.1) is 0 Å². The van der Waals surface area contributed by atoms with Crippen molar-refractivity contribution in [1.82, 2.24) is 10.2 Å². The maximum Gasteiger partial charge on any atom is 0.239 e. The molecule has 0 aliphatic carbocycles. The van der Waals surface area contributed by atoms with Crippen molar-refractivity contribution in [2.75, 3.05) is 20.1 Å². The zero-order valence-electron chi connectivity index (χ0n) is 10.5. The Hall–Kier alpha value is -1.10. The van der Waals surface area contributed by atoms with Crippen LogP contribution < -0.4 is 11.1 Å². The standard InChI is InChI=1S/C11H23N3O2/c1-4-6-9(12)7-11(16)14(3)8-10(15)13-5-2/h9H,4-8,12H2,1-3H3,(H,13,15). The predicted octanol–water partition coefficient (Wildman–Crippen LogP) is 0.0984. The van der Waals surface area contributed by atoms with Crippen molar-refractivity contribution in [3.8, 4) is 0 Å². The fraction of sp³-hybridized carbons (Fsp3) is 0.818. The Balaban J connectivity index is 3.94. The lowest BCUT2D eigenvalue weighted by Gasteiger charge is -2.18. The monoisotopic (exact) mass is 229 g/mol. The first-order chi connectivity index (χ1) is 7.51. The van der Waals surface area contributed by atoms with E-state index in [0.29, 0.717) is 13.0 Å². The van der Waals surface area contributed by atoms with Gasteiger partial charge in [0.25, 0.3) is 0 Å².